The van der Waals surface area contributed by atoms with E-state index in [1.54, 1.807) is 23.6 Å². The number of thiophene rings is 1. The molecule has 1 N–H and O–H groups in total. The smallest absolute Gasteiger partial charge is 0.222 e. The Bertz CT molecular complexity index is 1160. The van der Waals surface area contributed by atoms with Crippen LogP contribution in [0.1, 0.15) is 23.3 Å². The zero-order valence-electron chi connectivity index (χ0n) is 15.6. The van der Waals surface area contributed by atoms with Crippen molar-refractivity contribution in [2.75, 3.05) is 6.54 Å². The van der Waals surface area contributed by atoms with Crippen LogP contribution in [-0.2, 0) is 26.3 Å². The van der Waals surface area contributed by atoms with Gasteiger partial charge in [-0.05, 0) is 53.3 Å². The lowest BCUT2D eigenvalue weighted by atomic mass is 10.1. The molecule has 0 saturated heterocycles. The molecule has 0 saturated carbocycles. The fraction of sp³-hybridized carbons (Fsp3) is 0.200. The lowest BCUT2D eigenvalue weighted by molar-refractivity contribution is 0.569. The minimum Gasteiger partial charge on any atom is -0.222 e. The maximum Gasteiger partial charge on any atom is 0.240 e. The average molecular weight is 454 g/mol. The summed E-state index contributed by atoms with van der Waals surface area (Å²) in [6.45, 7) is 1.59. The first-order chi connectivity index (χ1) is 13.7. The van der Waals surface area contributed by atoms with Crippen LogP contribution < -0.4 is 4.72 Å². The summed E-state index contributed by atoms with van der Waals surface area (Å²) >= 11 is 1.05. The third-order valence-corrected chi connectivity index (χ3v) is 9.46. The van der Waals surface area contributed by atoms with Crippen molar-refractivity contribution in [3.8, 4) is 0 Å². The first-order valence-corrected chi connectivity index (χ1v) is 12.8. The Kier molecular flexibility index (Phi) is 6.52. The Balaban J connectivity index is 1.91. The van der Waals surface area contributed by atoms with E-state index in [9.17, 15) is 21.2 Å². The summed E-state index contributed by atoms with van der Waals surface area (Å²) in [6.07, 6.45) is 0.777. The van der Waals surface area contributed by atoms with E-state index in [4.69, 9.17) is 0 Å². The Morgan fingerprint density at radius 3 is 2.17 bits per heavy atom. The lowest BCUT2D eigenvalue weighted by Crippen LogP contribution is -2.31. The van der Waals surface area contributed by atoms with E-state index in [1.807, 2.05) is 6.92 Å². The molecule has 0 aliphatic carbocycles. The van der Waals surface area contributed by atoms with Crippen molar-refractivity contribution in [2.45, 2.75) is 27.7 Å². The molecule has 0 spiro atoms. The number of sulfone groups is 1. The number of sulfonamides is 1. The van der Waals surface area contributed by atoms with Gasteiger partial charge in [-0.3, -0.25) is 0 Å². The van der Waals surface area contributed by atoms with E-state index in [0.717, 1.165) is 35.5 Å². The van der Waals surface area contributed by atoms with Crippen LogP contribution in [0.15, 0.2) is 75.1 Å². The summed E-state index contributed by atoms with van der Waals surface area (Å²) in [4.78, 5) is 0.0566. The quantitative estimate of drug-likeness (QED) is 0.560. The second kappa shape index (κ2) is 8.74. The standard InChI is InChI=1S/C20H20FNO4S3/c1-2-15-5-11-18(12-6-15)29(25,26)22-14-19(16-7-9-17(21)10-8-16)28(23,24)20-4-3-13-27-20/h3-13,19,22H,2,14H2,1H3/t19-/m1/s1. The normalized spacial score (nSPS) is 13.3. The summed E-state index contributed by atoms with van der Waals surface area (Å²) in [5, 5.41) is 0.445. The van der Waals surface area contributed by atoms with E-state index >= 15 is 0 Å². The number of hydrogen-bond acceptors (Lipinski definition) is 5. The van der Waals surface area contributed by atoms with Crippen molar-refractivity contribution < 1.29 is 21.2 Å². The van der Waals surface area contributed by atoms with Crippen LogP contribution in [0.3, 0.4) is 0 Å². The molecule has 0 radical (unpaired) electrons. The monoisotopic (exact) mass is 453 g/mol. The Morgan fingerprint density at radius 1 is 0.966 bits per heavy atom. The van der Waals surface area contributed by atoms with Gasteiger partial charge in [0.05, 0.1) is 4.90 Å². The second-order valence-electron chi connectivity index (χ2n) is 6.37. The van der Waals surface area contributed by atoms with E-state index in [2.05, 4.69) is 4.72 Å². The van der Waals surface area contributed by atoms with Crippen molar-refractivity contribution in [3.05, 3.63) is 83.0 Å². The minimum atomic E-state index is -3.91. The Hall–Kier alpha value is -2.07. The largest absolute Gasteiger partial charge is 0.240 e. The zero-order valence-corrected chi connectivity index (χ0v) is 18.0. The topological polar surface area (TPSA) is 80.3 Å². The van der Waals surface area contributed by atoms with Crippen LogP contribution in [0.25, 0.3) is 0 Å². The van der Waals surface area contributed by atoms with Gasteiger partial charge in [-0.15, -0.1) is 11.3 Å². The molecule has 1 heterocycles. The molecule has 154 valence electrons. The highest BCUT2D eigenvalue weighted by Gasteiger charge is 2.31. The Labute approximate surface area is 174 Å². The maximum atomic E-state index is 13.3. The molecule has 1 aromatic heterocycles. The number of nitrogens with one attached hydrogen (secondary N) is 1. The highest BCUT2D eigenvalue weighted by Crippen LogP contribution is 2.31. The van der Waals surface area contributed by atoms with Crippen molar-refractivity contribution >= 4 is 31.2 Å². The van der Waals surface area contributed by atoms with Gasteiger partial charge in [-0.1, -0.05) is 37.3 Å². The fourth-order valence-corrected chi connectivity index (χ4v) is 6.84. The number of benzene rings is 2. The molecule has 1 atom stereocenters. The molecule has 0 fully saturated rings. The van der Waals surface area contributed by atoms with Gasteiger partial charge in [0.1, 0.15) is 15.3 Å². The molecule has 9 heteroatoms. The van der Waals surface area contributed by atoms with Crippen molar-refractivity contribution in [2.24, 2.45) is 0 Å². The van der Waals surface area contributed by atoms with Gasteiger partial charge in [-0.25, -0.2) is 25.9 Å². The second-order valence-corrected chi connectivity index (χ2v) is 11.4. The zero-order chi connectivity index (χ0) is 21.1. The van der Waals surface area contributed by atoms with Crippen molar-refractivity contribution in [1.29, 1.82) is 0 Å². The van der Waals surface area contributed by atoms with Crippen LogP contribution >= 0.6 is 11.3 Å². The van der Waals surface area contributed by atoms with Gasteiger partial charge in [0.2, 0.25) is 10.0 Å². The Morgan fingerprint density at radius 2 is 1.62 bits per heavy atom. The van der Waals surface area contributed by atoms with E-state index in [-0.39, 0.29) is 15.6 Å². The molecule has 2 aromatic carbocycles. The third-order valence-electron chi connectivity index (χ3n) is 4.49. The van der Waals surface area contributed by atoms with Gasteiger partial charge in [0.25, 0.3) is 0 Å². The van der Waals surface area contributed by atoms with Crippen LogP contribution in [0.5, 0.6) is 0 Å². The minimum absolute atomic E-state index is 0.0566. The third kappa shape index (κ3) is 4.92. The summed E-state index contributed by atoms with van der Waals surface area (Å²) in [7, 11) is -7.78. The number of hydrogen-bond donors (Lipinski definition) is 1. The maximum absolute atomic E-state index is 13.3. The number of aryl methyl sites for hydroxylation is 1. The molecule has 5 nitrogen and oxygen atoms in total. The van der Waals surface area contributed by atoms with Gasteiger partial charge < -0.3 is 0 Å². The van der Waals surface area contributed by atoms with Crippen LogP contribution in [0.4, 0.5) is 4.39 Å². The molecule has 29 heavy (non-hydrogen) atoms. The molecule has 0 aliphatic rings. The van der Waals surface area contributed by atoms with E-state index in [0.29, 0.717) is 5.56 Å². The van der Waals surface area contributed by atoms with Crippen LogP contribution in [0, 0.1) is 5.82 Å². The summed E-state index contributed by atoms with van der Waals surface area (Å²) in [5.74, 6) is -0.502. The average Bonchev–Trinajstić information content (AvgIpc) is 3.25. The summed E-state index contributed by atoms with van der Waals surface area (Å²) in [5.41, 5.74) is 1.30. The molecule has 0 bridgehead atoms. The molecule has 3 aromatic rings. The first kappa shape index (κ1) is 21.6. The van der Waals surface area contributed by atoms with Gasteiger partial charge in [-0.2, -0.15) is 0 Å². The van der Waals surface area contributed by atoms with Crippen LogP contribution in [0.2, 0.25) is 0 Å². The highest BCUT2D eigenvalue weighted by atomic mass is 32.2. The fourth-order valence-electron chi connectivity index (χ4n) is 2.82. The van der Waals surface area contributed by atoms with E-state index < -0.39 is 30.9 Å². The number of halogens is 1. The molecule has 3 rings (SSSR count). The summed E-state index contributed by atoms with van der Waals surface area (Å²) in [6, 6.07) is 14.5. The molecule has 0 amide bonds. The van der Waals surface area contributed by atoms with Gasteiger partial charge in [0, 0.05) is 6.54 Å². The highest BCUT2D eigenvalue weighted by molar-refractivity contribution is 7.93. The first-order valence-electron chi connectivity index (χ1n) is 8.85. The van der Waals surface area contributed by atoms with Crippen molar-refractivity contribution in [1.82, 2.24) is 4.72 Å². The summed E-state index contributed by atoms with van der Waals surface area (Å²) < 4.78 is 67.4. The molecule has 0 unspecified atom stereocenters. The molecular formula is C20H20FNO4S3. The SMILES string of the molecule is CCc1ccc(S(=O)(=O)NC[C@H](c2ccc(F)cc2)S(=O)(=O)c2cccs2)cc1. The predicted molar refractivity (Wildman–Crippen MR) is 112 cm³/mol. The van der Waals surface area contributed by atoms with Gasteiger partial charge >= 0.3 is 0 Å². The molecular weight excluding hydrogens is 433 g/mol. The predicted octanol–water partition coefficient (Wildman–Crippen LogP) is 3.94. The van der Waals surface area contributed by atoms with E-state index in [1.165, 1.54) is 30.3 Å². The van der Waals surface area contributed by atoms with Gasteiger partial charge in [0.15, 0.2) is 9.84 Å². The lowest BCUT2D eigenvalue weighted by Gasteiger charge is -2.18. The molecule has 0 aliphatic heterocycles. The number of rotatable bonds is 8. The van der Waals surface area contributed by atoms with Crippen LogP contribution in [-0.4, -0.2) is 23.4 Å². The van der Waals surface area contributed by atoms with Crippen molar-refractivity contribution in [3.63, 3.8) is 0 Å².